The Hall–Kier alpha value is -0.370. The predicted molar refractivity (Wildman–Crippen MR) is 64.2 cm³/mol. The van der Waals surface area contributed by atoms with Crippen molar-refractivity contribution in [2.75, 3.05) is 13.1 Å². The van der Waals surface area contributed by atoms with E-state index in [1.165, 1.54) is 38.8 Å². The molecule has 90 valence electrons. The van der Waals surface area contributed by atoms with Gasteiger partial charge in [-0.2, -0.15) is 0 Å². The number of nitrogens with zero attached hydrogens (tertiary/aromatic N) is 1. The summed E-state index contributed by atoms with van der Waals surface area (Å²) < 4.78 is 0. The van der Waals surface area contributed by atoms with Gasteiger partial charge in [0.25, 0.3) is 0 Å². The summed E-state index contributed by atoms with van der Waals surface area (Å²) in [7, 11) is 0. The first kappa shape index (κ1) is 10.8. The molecule has 0 aromatic rings. The van der Waals surface area contributed by atoms with Crippen LogP contribution in [-0.2, 0) is 4.79 Å². The Balaban J connectivity index is 1.67. The molecular weight excluding hydrogens is 198 g/mol. The van der Waals surface area contributed by atoms with Gasteiger partial charge in [0.1, 0.15) is 5.78 Å². The lowest BCUT2D eigenvalue weighted by molar-refractivity contribution is -0.117. The van der Waals surface area contributed by atoms with E-state index in [9.17, 15) is 4.79 Å². The first-order valence-electron chi connectivity index (χ1n) is 6.99. The molecule has 0 spiro atoms. The Morgan fingerprint density at radius 3 is 2.62 bits per heavy atom. The van der Waals surface area contributed by atoms with Crippen LogP contribution in [0.25, 0.3) is 0 Å². The van der Waals surface area contributed by atoms with E-state index in [-0.39, 0.29) is 0 Å². The van der Waals surface area contributed by atoms with Crippen LogP contribution in [-0.4, -0.2) is 29.8 Å². The van der Waals surface area contributed by atoms with Crippen LogP contribution in [0.5, 0.6) is 0 Å². The largest absolute Gasteiger partial charge is 0.300 e. The van der Waals surface area contributed by atoms with Gasteiger partial charge in [0.2, 0.25) is 0 Å². The molecular formula is C14H23NO. The third-order valence-corrected chi connectivity index (χ3v) is 5.26. The monoisotopic (exact) mass is 221 g/mol. The molecule has 0 aromatic carbocycles. The fourth-order valence-corrected chi connectivity index (χ4v) is 4.53. The standard InChI is InChI=1S/C14H23NO/c1-10(16)2-3-12-4-5-13-11-6-8-15(9-7-11)14(12)13/h11-14H,2-9H2,1H3. The van der Waals surface area contributed by atoms with E-state index >= 15 is 0 Å². The highest BCUT2D eigenvalue weighted by Gasteiger charge is 2.48. The minimum Gasteiger partial charge on any atom is -0.300 e. The van der Waals surface area contributed by atoms with E-state index in [1.807, 2.05) is 0 Å². The zero-order chi connectivity index (χ0) is 11.1. The number of hydrogen-bond acceptors (Lipinski definition) is 2. The first-order valence-corrected chi connectivity index (χ1v) is 6.99. The van der Waals surface area contributed by atoms with E-state index in [2.05, 4.69) is 4.90 Å². The minimum absolute atomic E-state index is 0.374. The topological polar surface area (TPSA) is 20.3 Å². The van der Waals surface area contributed by atoms with Crippen LogP contribution >= 0.6 is 0 Å². The number of carbonyl (C=O) groups excluding carboxylic acids is 1. The van der Waals surface area contributed by atoms with Crippen LogP contribution in [0.2, 0.25) is 0 Å². The molecule has 2 nitrogen and oxygen atoms in total. The number of Topliss-reactive ketones (excluding diaryl/α,β-unsaturated/α-hetero) is 1. The van der Waals surface area contributed by atoms with Crippen molar-refractivity contribution in [1.82, 2.24) is 4.90 Å². The number of fused-ring (bicyclic) bond motifs is 2. The Labute approximate surface area is 98.4 Å². The van der Waals surface area contributed by atoms with Gasteiger partial charge in [-0.3, -0.25) is 4.90 Å². The van der Waals surface area contributed by atoms with Gasteiger partial charge in [0.05, 0.1) is 0 Å². The second kappa shape index (κ2) is 4.14. The van der Waals surface area contributed by atoms with Crippen molar-refractivity contribution in [3.8, 4) is 0 Å². The number of ketones is 1. The first-order chi connectivity index (χ1) is 7.75. The molecule has 1 saturated carbocycles. The second-order valence-corrected chi connectivity index (χ2v) is 6.11. The van der Waals surface area contributed by atoms with E-state index in [0.717, 1.165) is 36.6 Å². The number of hydrogen-bond donors (Lipinski definition) is 0. The molecule has 3 saturated heterocycles. The third-order valence-electron chi connectivity index (χ3n) is 5.26. The van der Waals surface area contributed by atoms with E-state index in [1.54, 1.807) is 6.92 Å². The second-order valence-electron chi connectivity index (χ2n) is 6.11. The van der Waals surface area contributed by atoms with Crippen molar-refractivity contribution in [2.24, 2.45) is 17.8 Å². The van der Waals surface area contributed by atoms with Gasteiger partial charge in [-0.05, 0) is 69.9 Å². The van der Waals surface area contributed by atoms with Crippen molar-refractivity contribution in [2.45, 2.75) is 51.5 Å². The fourth-order valence-electron chi connectivity index (χ4n) is 4.53. The van der Waals surface area contributed by atoms with Crippen LogP contribution in [0.1, 0.15) is 45.4 Å². The molecule has 0 radical (unpaired) electrons. The quantitative estimate of drug-likeness (QED) is 0.729. The molecule has 4 rings (SSSR count). The van der Waals surface area contributed by atoms with Crippen LogP contribution in [0, 0.1) is 17.8 Å². The Kier molecular flexibility index (Phi) is 2.78. The summed E-state index contributed by atoms with van der Waals surface area (Å²) in [5.74, 6) is 3.22. The van der Waals surface area contributed by atoms with Crippen LogP contribution in [0.15, 0.2) is 0 Å². The normalized spacial score (nSPS) is 45.7. The van der Waals surface area contributed by atoms with E-state index in [4.69, 9.17) is 0 Å². The van der Waals surface area contributed by atoms with Gasteiger partial charge in [-0.25, -0.2) is 0 Å². The van der Waals surface area contributed by atoms with Crippen LogP contribution < -0.4 is 0 Å². The fraction of sp³-hybridized carbons (Fsp3) is 0.929. The van der Waals surface area contributed by atoms with Crippen LogP contribution in [0.3, 0.4) is 0 Å². The van der Waals surface area contributed by atoms with Crippen molar-refractivity contribution < 1.29 is 4.79 Å². The Morgan fingerprint density at radius 2 is 1.94 bits per heavy atom. The Bertz CT molecular complexity index is 280. The smallest absolute Gasteiger partial charge is 0.129 e. The van der Waals surface area contributed by atoms with Crippen molar-refractivity contribution in [1.29, 1.82) is 0 Å². The van der Waals surface area contributed by atoms with E-state index < -0.39 is 0 Å². The molecule has 3 unspecified atom stereocenters. The summed E-state index contributed by atoms with van der Waals surface area (Å²) in [6, 6.07) is 0.854. The highest BCUT2D eigenvalue weighted by molar-refractivity contribution is 5.75. The zero-order valence-corrected chi connectivity index (χ0v) is 10.3. The third kappa shape index (κ3) is 1.71. The van der Waals surface area contributed by atoms with Crippen molar-refractivity contribution in [3.63, 3.8) is 0 Å². The van der Waals surface area contributed by atoms with Crippen molar-refractivity contribution in [3.05, 3.63) is 0 Å². The number of carbonyl (C=O) groups is 1. The summed E-state index contributed by atoms with van der Waals surface area (Å²) in [5.41, 5.74) is 0. The molecule has 0 N–H and O–H groups in total. The lowest BCUT2D eigenvalue weighted by Gasteiger charge is -2.50. The Morgan fingerprint density at radius 1 is 1.19 bits per heavy atom. The molecule has 1 aliphatic carbocycles. The van der Waals surface area contributed by atoms with E-state index in [0.29, 0.717) is 5.78 Å². The maximum absolute atomic E-state index is 11.1. The summed E-state index contributed by atoms with van der Waals surface area (Å²) in [5, 5.41) is 0. The average molecular weight is 221 g/mol. The van der Waals surface area contributed by atoms with Gasteiger partial charge in [0.15, 0.2) is 0 Å². The molecule has 4 aliphatic rings. The highest BCUT2D eigenvalue weighted by Crippen LogP contribution is 2.49. The minimum atomic E-state index is 0.374. The summed E-state index contributed by atoms with van der Waals surface area (Å²) in [6.45, 7) is 4.41. The lowest BCUT2D eigenvalue weighted by atomic mass is 9.73. The predicted octanol–water partition coefficient (Wildman–Crippen LogP) is 2.48. The highest BCUT2D eigenvalue weighted by atomic mass is 16.1. The molecule has 2 heteroatoms. The maximum atomic E-state index is 11.1. The van der Waals surface area contributed by atoms with Gasteiger partial charge < -0.3 is 4.79 Å². The summed E-state index contributed by atoms with van der Waals surface area (Å²) in [4.78, 5) is 13.8. The molecule has 3 aliphatic heterocycles. The molecule has 0 aromatic heterocycles. The summed E-state index contributed by atoms with van der Waals surface area (Å²) in [6.07, 6.45) is 7.68. The van der Waals surface area contributed by atoms with Gasteiger partial charge in [0, 0.05) is 12.5 Å². The molecule has 3 atom stereocenters. The van der Waals surface area contributed by atoms with Gasteiger partial charge >= 0.3 is 0 Å². The number of rotatable bonds is 3. The van der Waals surface area contributed by atoms with Gasteiger partial charge in [-0.15, -0.1) is 0 Å². The zero-order valence-electron chi connectivity index (χ0n) is 10.3. The average Bonchev–Trinajstić information content (AvgIpc) is 2.73. The molecule has 2 bridgehead atoms. The van der Waals surface area contributed by atoms with Crippen LogP contribution in [0.4, 0.5) is 0 Å². The summed E-state index contributed by atoms with van der Waals surface area (Å²) >= 11 is 0. The number of piperidine rings is 3. The van der Waals surface area contributed by atoms with Crippen molar-refractivity contribution >= 4 is 5.78 Å². The molecule has 4 fully saturated rings. The molecule has 16 heavy (non-hydrogen) atoms. The molecule has 0 amide bonds. The van der Waals surface area contributed by atoms with Gasteiger partial charge in [-0.1, -0.05) is 0 Å². The maximum Gasteiger partial charge on any atom is 0.129 e. The molecule has 3 heterocycles. The SMILES string of the molecule is CC(=O)CCC1CCC2C3CCN(CC3)C12. The lowest BCUT2D eigenvalue weighted by Crippen LogP contribution is -2.54.